The molecule has 3 nitrogen and oxygen atoms in total. The van der Waals surface area contributed by atoms with Crippen molar-refractivity contribution in [2.45, 2.75) is 38.6 Å². The van der Waals surface area contributed by atoms with E-state index >= 15 is 0 Å². The summed E-state index contributed by atoms with van der Waals surface area (Å²) in [6.07, 6.45) is 7.47. The van der Waals surface area contributed by atoms with Crippen LogP contribution in [-0.2, 0) is 0 Å². The SMILES string of the molecule is CCC(NN(C)NSC)C1CCC1. The number of hydrazine groups is 2. The predicted octanol–water partition coefficient (Wildman–Crippen LogP) is 1.78. The molecule has 2 N–H and O–H groups in total. The zero-order chi connectivity index (χ0) is 9.68. The van der Waals surface area contributed by atoms with Gasteiger partial charge in [-0.3, -0.25) is 0 Å². The molecule has 1 unspecified atom stereocenters. The first-order valence-electron chi connectivity index (χ1n) is 5.06. The minimum Gasteiger partial charge on any atom is -0.238 e. The summed E-state index contributed by atoms with van der Waals surface area (Å²) in [4.78, 5) is 3.15. The topological polar surface area (TPSA) is 27.3 Å². The average molecular weight is 203 g/mol. The molecule has 0 aromatic carbocycles. The second-order valence-corrected chi connectivity index (χ2v) is 4.28. The number of hydrogen-bond donors (Lipinski definition) is 2. The van der Waals surface area contributed by atoms with E-state index in [4.69, 9.17) is 0 Å². The molecular weight excluding hydrogens is 182 g/mol. The molecule has 0 radical (unpaired) electrons. The quantitative estimate of drug-likeness (QED) is 0.508. The highest BCUT2D eigenvalue weighted by atomic mass is 32.2. The molecule has 13 heavy (non-hydrogen) atoms. The van der Waals surface area contributed by atoms with Gasteiger partial charge in [-0.15, -0.1) is 0 Å². The summed E-state index contributed by atoms with van der Waals surface area (Å²) in [5.74, 6) is 0.899. The van der Waals surface area contributed by atoms with Gasteiger partial charge in [-0.25, -0.2) is 5.43 Å². The Labute approximate surface area is 85.7 Å². The van der Waals surface area contributed by atoms with E-state index in [9.17, 15) is 0 Å². The Kier molecular flexibility index (Phi) is 5.09. The van der Waals surface area contributed by atoms with E-state index < -0.39 is 0 Å². The summed E-state index contributed by atoms with van der Waals surface area (Å²) in [6.45, 7) is 2.25. The van der Waals surface area contributed by atoms with Crippen molar-refractivity contribution < 1.29 is 0 Å². The van der Waals surface area contributed by atoms with Gasteiger partial charge in [0.1, 0.15) is 0 Å². The molecule has 1 saturated carbocycles. The molecule has 0 heterocycles. The van der Waals surface area contributed by atoms with E-state index in [1.165, 1.54) is 25.7 Å². The van der Waals surface area contributed by atoms with Crippen molar-refractivity contribution in [2.24, 2.45) is 5.92 Å². The third-order valence-electron chi connectivity index (χ3n) is 2.75. The molecule has 0 bridgehead atoms. The highest BCUT2D eigenvalue weighted by Crippen LogP contribution is 2.30. The van der Waals surface area contributed by atoms with Gasteiger partial charge < -0.3 is 0 Å². The monoisotopic (exact) mass is 203 g/mol. The summed E-state index contributed by atoms with van der Waals surface area (Å²) in [7, 11) is 2.03. The summed E-state index contributed by atoms with van der Waals surface area (Å²) in [6, 6.07) is 0.651. The lowest BCUT2D eigenvalue weighted by atomic mass is 9.79. The first-order valence-corrected chi connectivity index (χ1v) is 6.29. The van der Waals surface area contributed by atoms with Crippen LogP contribution in [0.4, 0.5) is 0 Å². The minimum atomic E-state index is 0.651. The van der Waals surface area contributed by atoms with Crippen LogP contribution in [-0.4, -0.2) is 24.5 Å². The van der Waals surface area contributed by atoms with Crippen molar-refractivity contribution in [2.75, 3.05) is 13.3 Å². The average Bonchev–Trinajstić information content (AvgIpc) is 2.00. The molecule has 1 aliphatic rings. The Balaban J connectivity index is 2.21. The number of hydrogen-bond acceptors (Lipinski definition) is 4. The van der Waals surface area contributed by atoms with Crippen molar-refractivity contribution in [3.05, 3.63) is 0 Å². The molecule has 1 fully saturated rings. The van der Waals surface area contributed by atoms with Gasteiger partial charge in [0.05, 0.1) is 0 Å². The van der Waals surface area contributed by atoms with E-state index in [2.05, 4.69) is 17.2 Å². The van der Waals surface area contributed by atoms with Crippen LogP contribution >= 0.6 is 11.9 Å². The molecule has 1 atom stereocenters. The van der Waals surface area contributed by atoms with Crippen LogP contribution in [0.2, 0.25) is 0 Å². The van der Waals surface area contributed by atoms with E-state index in [1.807, 2.05) is 18.4 Å². The van der Waals surface area contributed by atoms with Gasteiger partial charge in [-0.05, 0) is 31.4 Å². The Morgan fingerprint density at radius 2 is 2.23 bits per heavy atom. The lowest BCUT2D eigenvalue weighted by Gasteiger charge is -2.36. The third-order valence-corrected chi connectivity index (χ3v) is 3.20. The van der Waals surface area contributed by atoms with Crippen molar-refractivity contribution in [3.8, 4) is 0 Å². The van der Waals surface area contributed by atoms with Gasteiger partial charge in [-0.1, -0.05) is 25.3 Å². The summed E-state index contributed by atoms with van der Waals surface area (Å²) in [5.41, 5.74) is 3.47. The molecule has 0 aliphatic heterocycles. The van der Waals surface area contributed by atoms with Crippen LogP contribution in [0.3, 0.4) is 0 Å². The maximum absolute atomic E-state index is 3.47. The molecule has 0 aromatic heterocycles. The van der Waals surface area contributed by atoms with Gasteiger partial charge in [-0.2, -0.15) is 9.95 Å². The molecule has 0 spiro atoms. The van der Waals surface area contributed by atoms with E-state index in [1.54, 1.807) is 11.9 Å². The van der Waals surface area contributed by atoms with E-state index in [0.717, 1.165) is 5.92 Å². The maximum Gasteiger partial charge on any atom is 0.0254 e. The molecular formula is C9H21N3S. The van der Waals surface area contributed by atoms with Gasteiger partial charge in [0.25, 0.3) is 0 Å². The van der Waals surface area contributed by atoms with Crippen LogP contribution in [0.5, 0.6) is 0 Å². The van der Waals surface area contributed by atoms with Crippen LogP contribution in [0, 0.1) is 5.92 Å². The lowest BCUT2D eigenvalue weighted by Crippen LogP contribution is -2.51. The molecule has 0 aromatic rings. The Morgan fingerprint density at radius 3 is 2.62 bits per heavy atom. The van der Waals surface area contributed by atoms with Crippen LogP contribution in [0.25, 0.3) is 0 Å². The number of nitrogens with zero attached hydrogens (tertiary/aromatic N) is 1. The molecule has 1 rings (SSSR count). The van der Waals surface area contributed by atoms with Gasteiger partial charge in [0.15, 0.2) is 0 Å². The van der Waals surface area contributed by atoms with Gasteiger partial charge in [0, 0.05) is 13.1 Å². The maximum atomic E-state index is 3.47. The lowest BCUT2D eigenvalue weighted by molar-refractivity contribution is 0.110. The van der Waals surface area contributed by atoms with Crippen LogP contribution in [0.1, 0.15) is 32.6 Å². The van der Waals surface area contributed by atoms with Crippen LogP contribution < -0.4 is 10.3 Å². The third kappa shape index (κ3) is 3.46. The first-order chi connectivity index (χ1) is 6.27. The number of rotatable bonds is 6. The normalized spacial score (nSPS) is 20.3. The zero-order valence-corrected chi connectivity index (χ0v) is 9.66. The Morgan fingerprint density at radius 1 is 1.54 bits per heavy atom. The zero-order valence-electron chi connectivity index (χ0n) is 8.84. The Bertz CT molecular complexity index is 139. The predicted molar refractivity (Wildman–Crippen MR) is 59.0 cm³/mol. The van der Waals surface area contributed by atoms with Gasteiger partial charge in [0.2, 0.25) is 0 Å². The number of nitrogens with one attached hydrogen (secondary N) is 2. The van der Waals surface area contributed by atoms with E-state index in [0.29, 0.717) is 6.04 Å². The fourth-order valence-electron chi connectivity index (χ4n) is 1.78. The highest BCUT2D eigenvalue weighted by molar-refractivity contribution is 7.96. The molecule has 0 amide bonds. The minimum absolute atomic E-state index is 0.651. The second kappa shape index (κ2) is 5.86. The van der Waals surface area contributed by atoms with Crippen molar-refractivity contribution in [1.82, 2.24) is 15.4 Å². The standard InChI is InChI=1S/C9H21N3S/c1-4-9(8-6-5-7-8)10-12(2)11-13-3/h8-11H,4-7H2,1-3H3. The summed E-state index contributed by atoms with van der Waals surface area (Å²) in [5, 5.41) is 1.97. The van der Waals surface area contributed by atoms with E-state index in [-0.39, 0.29) is 0 Å². The Hall–Kier alpha value is 0.230. The van der Waals surface area contributed by atoms with Crippen LogP contribution in [0.15, 0.2) is 0 Å². The fourth-order valence-corrected chi connectivity index (χ4v) is 2.11. The summed E-state index contributed by atoms with van der Waals surface area (Å²) < 4.78 is 0. The molecule has 0 saturated heterocycles. The first kappa shape index (κ1) is 11.3. The summed E-state index contributed by atoms with van der Waals surface area (Å²) >= 11 is 1.61. The van der Waals surface area contributed by atoms with Gasteiger partial charge >= 0.3 is 0 Å². The fraction of sp³-hybridized carbons (Fsp3) is 1.00. The molecule has 78 valence electrons. The van der Waals surface area contributed by atoms with Crippen molar-refractivity contribution >= 4 is 11.9 Å². The molecule has 4 heteroatoms. The largest absolute Gasteiger partial charge is 0.238 e. The smallest absolute Gasteiger partial charge is 0.0254 e. The molecule has 1 aliphatic carbocycles. The van der Waals surface area contributed by atoms with Crippen molar-refractivity contribution in [1.29, 1.82) is 0 Å². The second-order valence-electron chi connectivity index (χ2n) is 3.69. The van der Waals surface area contributed by atoms with Crippen molar-refractivity contribution in [3.63, 3.8) is 0 Å². The highest BCUT2D eigenvalue weighted by Gasteiger charge is 2.26.